The molecular formula is C13H24F3N3O. The largest absolute Gasteiger partial charge is 0.401 e. The molecule has 1 rings (SSSR count). The second kappa shape index (κ2) is 7.26. The highest BCUT2D eigenvalue weighted by molar-refractivity contribution is 5.78. The van der Waals surface area contributed by atoms with Gasteiger partial charge in [-0.15, -0.1) is 0 Å². The van der Waals surface area contributed by atoms with Gasteiger partial charge in [0.1, 0.15) is 0 Å². The minimum Gasteiger partial charge on any atom is -0.342 e. The van der Waals surface area contributed by atoms with Gasteiger partial charge in [-0.2, -0.15) is 13.2 Å². The van der Waals surface area contributed by atoms with E-state index in [4.69, 9.17) is 0 Å². The van der Waals surface area contributed by atoms with Crippen LogP contribution in [-0.4, -0.2) is 67.2 Å². The van der Waals surface area contributed by atoms with Crippen molar-refractivity contribution in [2.75, 3.05) is 33.2 Å². The molecule has 0 spiro atoms. The number of halogens is 3. The maximum absolute atomic E-state index is 12.7. The summed E-state index contributed by atoms with van der Waals surface area (Å²) in [7, 11) is 1.63. The van der Waals surface area contributed by atoms with Crippen LogP contribution in [-0.2, 0) is 4.79 Å². The van der Waals surface area contributed by atoms with Crippen molar-refractivity contribution < 1.29 is 18.0 Å². The first-order valence-electron chi connectivity index (χ1n) is 6.98. The predicted octanol–water partition coefficient (Wildman–Crippen LogP) is 1.47. The highest BCUT2D eigenvalue weighted by Crippen LogP contribution is 2.21. The number of rotatable bonds is 5. The first-order chi connectivity index (χ1) is 9.20. The van der Waals surface area contributed by atoms with Crippen LogP contribution in [0.1, 0.15) is 26.7 Å². The van der Waals surface area contributed by atoms with Gasteiger partial charge in [-0.1, -0.05) is 0 Å². The molecule has 1 fully saturated rings. The Labute approximate surface area is 118 Å². The maximum atomic E-state index is 12.7. The lowest BCUT2D eigenvalue weighted by atomic mass is 10.0. The van der Waals surface area contributed by atoms with E-state index in [1.165, 1.54) is 9.80 Å². The third-order valence-corrected chi connectivity index (χ3v) is 3.71. The van der Waals surface area contributed by atoms with Gasteiger partial charge in [-0.25, -0.2) is 0 Å². The van der Waals surface area contributed by atoms with Gasteiger partial charge in [0.2, 0.25) is 5.91 Å². The Morgan fingerprint density at radius 3 is 2.30 bits per heavy atom. The number of carbonyl (C=O) groups excluding carboxylic acids is 1. The average molecular weight is 295 g/mol. The second-order valence-electron chi connectivity index (χ2n) is 5.60. The van der Waals surface area contributed by atoms with E-state index >= 15 is 0 Å². The molecule has 1 N–H and O–H groups in total. The van der Waals surface area contributed by atoms with Crippen molar-refractivity contribution in [2.45, 2.75) is 44.9 Å². The molecule has 20 heavy (non-hydrogen) atoms. The van der Waals surface area contributed by atoms with Gasteiger partial charge in [-0.05, 0) is 39.8 Å². The molecule has 1 heterocycles. The van der Waals surface area contributed by atoms with Crippen LogP contribution in [0, 0.1) is 0 Å². The summed E-state index contributed by atoms with van der Waals surface area (Å²) in [6, 6.07) is -0.189. The van der Waals surface area contributed by atoms with Crippen LogP contribution in [0.25, 0.3) is 0 Å². The van der Waals surface area contributed by atoms with E-state index in [0.717, 1.165) is 0 Å². The van der Waals surface area contributed by atoms with Crippen molar-refractivity contribution >= 4 is 5.91 Å². The molecule has 0 aromatic carbocycles. The van der Waals surface area contributed by atoms with E-state index in [1.54, 1.807) is 7.05 Å². The van der Waals surface area contributed by atoms with Gasteiger partial charge >= 0.3 is 6.18 Å². The molecular weight excluding hydrogens is 271 g/mol. The topological polar surface area (TPSA) is 35.6 Å². The summed E-state index contributed by atoms with van der Waals surface area (Å²) in [5.41, 5.74) is 0. The van der Waals surface area contributed by atoms with E-state index in [0.29, 0.717) is 25.9 Å². The number of nitrogens with zero attached hydrogens (tertiary/aromatic N) is 2. The summed E-state index contributed by atoms with van der Waals surface area (Å²) in [5.74, 6) is -0.261. The molecule has 0 aliphatic carbocycles. The normalized spacial score (nSPS) is 17.8. The fraction of sp³-hybridized carbons (Fsp3) is 0.923. The van der Waals surface area contributed by atoms with Crippen molar-refractivity contribution in [1.29, 1.82) is 0 Å². The Hall–Kier alpha value is -0.820. The third kappa shape index (κ3) is 5.66. The SMILES string of the molecule is CC(C)N(C)C(=O)CN(CC(F)(F)F)C1CCNCC1. The first kappa shape index (κ1) is 17.2. The lowest BCUT2D eigenvalue weighted by molar-refractivity contribution is -0.157. The fourth-order valence-corrected chi connectivity index (χ4v) is 2.29. The Balaban J connectivity index is 2.69. The van der Waals surface area contributed by atoms with Crippen LogP contribution in [0.4, 0.5) is 13.2 Å². The standard InChI is InChI=1S/C13H24F3N3O/c1-10(2)18(3)12(20)8-19(9-13(14,15)16)11-4-6-17-7-5-11/h10-11,17H,4-9H2,1-3H3. The summed E-state index contributed by atoms with van der Waals surface area (Å²) < 4.78 is 38.1. The van der Waals surface area contributed by atoms with Gasteiger partial charge in [0.15, 0.2) is 0 Å². The molecule has 0 aromatic heterocycles. The van der Waals surface area contributed by atoms with Crippen LogP contribution in [0.3, 0.4) is 0 Å². The Morgan fingerprint density at radius 1 is 1.30 bits per heavy atom. The van der Waals surface area contributed by atoms with Crippen molar-refractivity contribution in [2.24, 2.45) is 0 Å². The van der Waals surface area contributed by atoms with Gasteiger partial charge in [0, 0.05) is 19.1 Å². The smallest absolute Gasteiger partial charge is 0.342 e. The molecule has 4 nitrogen and oxygen atoms in total. The minimum absolute atomic E-state index is 0.0109. The molecule has 1 aliphatic rings. The molecule has 7 heteroatoms. The number of nitrogens with one attached hydrogen (secondary N) is 1. The van der Waals surface area contributed by atoms with Gasteiger partial charge in [0.25, 0.3) is 0 Å². The molecule has 0 bridgehead atoms. The fourth-order valence-electron chi connectivity index (χ4n) is 2.29. The zero-order valence-corrected chi connectivity index (χ0v) is 12.3. The van der Waals surface area contributed by atoms with Gasteiger partial charge < -0.3 is 10.2 Å². The maximum Gasteiger partial charge on any atom is 0.401 e. The van der Waals surface area contributed by atoms with E-state index < -0.39 is 12.7 Å². The average Bonchev–Trinajstić information content (AvgIpc) is 2.36. The highest BCUT2D eigenvalue weighted by Gasteiger charge is 2.35. The molecule has 118 valence electrons. The van der Waals surface area contributed by atoms with Crippen LogP contribution in [0.2, 0.25) is 0 Å². The van der Waals surface area contributed by atoms with Gasteiger partial charge in [0.05, 0.1) is 13.1 Å². The van der Waals surface area contributed by atoms with E-state index in [9.17, 15) is 18.0 Å². The molecule has 0 aromatic rings. The second-order valence-corrected chi connectivity index (χ2v) is 5.60. The summed E-state index contributed by atoms with van der Waals surface area (Å²) in [4.78, 5) is 14.8. The van der Waals surface area contributed by atoms with Crippen LogP contribution in [0.5, 0.6) is 0 Å². The van der Waals surface area contributed by atoms with Crippen molar-refractivity contribution in [3.05, 3.63) is 0 Å². The quantitative estimate of drug-likeness (QED) is 0.834. The number of hydrogen-bond donors (Lipinski definition) is 1. The van der Waals surface area contributed by atoms with E-state index in [1.807, 2.05) is 13.8 Å². The van der Waals surface area contributed by atoms with Crippen LogP contribution >= 0.6 is 0 Å². The summed E-state index contributed by atoms with van der Waals surface area (Å²) in [5, 5.41) is 3.12. The van der Waals surface area contributed by atoms with E-state index in [2.05, 4.69) is 5.32 Å². The van der Waals surface area contributed by atoms with Crippen molar-refractivity contribution in [1.82, 2.24) is 15.1 Å². The summed E-state index contributed by atoms with van der Waals surface area (Å²) >= 11 is 0. The number of hydrogen-bond acceptors (Lipinski definition) is 3. The molecule has 0 atom stereocenters. The number of amides is 1. The van der Waals surface area contributed by atoms with Crippen molar-refractivity contribution in [3.8, 4) is 0 Å². The van der Waals surface area contributed by atoms with Crippen LogP contribution in [0.15, 0.2) is 0 Å². The van der Waals surface area contributed by atoms with Crippen molar-refractivity contribution in [3.63, 3.8) is 0 Å². The zero-order chi connectivity index (χ0) is 15.3. The zero-order valence-electron chi connectivity index (χ0n) is 12.3. The molecule has 0 radical (unpaired) electrons. The lowest BCUT2D eigenvalue weighted by Crippen LogP contribution is -2.51. The number of alkyl halides is 3. The minimum atomic E-state index is -4.28. The molecule has 0 unspecified atom stereocenters. The number of carbonyl (C=O) groups is 1. The Kier molecular flexibility index (Phi) is 6.26. The Bertz CT molecular complexity index is 314. The molecule has 1 amide bonds. The Morgan fingerprint density at radius 2 is 1.85 bits per heavy atom. The third-order valence-electron chi connectivity index (χ3n) is 3.71. The van der Waals surface area contributed by atoms with E-state index in [-0.39, 0.29) is 24.5 Å². The number of likely N-dealkylation sites (N-methyl/N-ethyl adjacent to an activating group) is 1. The molecule has 1 saturated heterocycles. The molecule has 1 aliphatic heterocycles. The molecule has 0 saturated carbocycles. The van der Waals surface area contributed by atoms with Gasteiger partial charge in [-0.3, -0.25) is 9.69 Å². The predicted molar refractivity (Wildman–Crippen MR) is 71.4 cm³/mol. The van der Waals surface area contributed by atoms with Crippen LogP contribution < -0.4 is 5.32 Å². The first-order valence-corrected chi connectivity index (χ1v) is 6.98. The lowest BCUT2D eigenvalue weighted by Gasteiger charge is -2.36. The highest BCUT2D eigenvalue weighted by atomic mass is 19.4. The summed E-state index contributed by atoms with van der Waals surface area (Å²) in [6.45, 7) is 3.90. The monoisotopic (exact) mass is 295 g/mol. The summed E-state index contributed by atoms with van der Waals surface area (Å²) in [6.07, 6.45) is -2.98. The number of piperidine rings is 1.